The van der Waals surface area contributed by atoms with Crippen molar-refractivity contribution in [2.75, 3.05) is 54.5 Å². The zero-order valence-corrected chi connectivity index (χ0v) is 27.7. The van der Waals surface area contributed by atoms with Crippen LogP contribution in [0.3, 0.4) is 0 Å². The second kappa shape index (κ2) is 12.4. The van der Waals surface area contributed by atoms with Crippen molar-refractivity contribution < 1.29 is 23.7 Å². The summed E-state index contributed by atoms with van der Waals surface area (Å²) in [6.45, 7) is 3.44. The highest BCUT2D eigenvalue weighted by Gasteiger charge is 2.35. The van der Waals surface area contributed by atoms with Gasteiger partial charge in [0.2, 0.25) is 5.75 Å². The zero-order valence-electron chi connectivity index (χ0n) is 27.7. The number of nitrogens with one attached hydrogen (secondary N) is 1. The smallest absolute Gasteiger partial charge is 0.212 e. The maximum absolute atomic E-state index is 6.89. The van der Waals surface area contributed by atoms with Crippen molar-refractivity contribution >= 4 is 0 Å². The Morgan fingerprint density at radius 3 is 2.47 bits per heavy atom. The molecule has 244 valence electrons. The summed E-state index contributed by atoms with van der Waals surface area (Å²) in [4.78, 5) is 4.62. The van der Waals surface area contributed by atoms with Crippen molar-refractivity contribution in [3.05, 3.63) is 94.0 Å². The van der Waals surface area contributed by atoms with Gasteiger partial charge in [0.15, 0.2) is 34.5 Å². The molecule has 7 bridgehead atoms. The first-order valence-electron chi connectivity index (χ1n) is 16.8. The van der Waals surface area contributed by atoms with E-state index >= 15 is 0 Å². The lowest BCUT2D eigenvalue weighted by Crippen LogP contribution is -2.33. The van der Waals surface area contributed by atoms with Crippen molar-refractivity contribution in [2.24, 2.45) is 0 Å². The molecular weight excluding hydrogens is 590 g/mol. The van der Waals surface area contributed by atoms with Crippen LogP contribution < -0.4 is 29.0 Å². The fraction of sp³-hybridized carbons (Fsp3) is 0.385. The molecule has 5 aliphatic rings. The molecule has 0 saturated carbocycles. The van der Waals surface area contributed by atoms with Gasteiger partial charge in [-0.25, -0.2) is 0 Å². The molecule has 2 unspecified atom stereocenters. The quantitative estimate of drug-likeness (QED) is 0.197. The molecule has 8 heteroatoms. The minimum Gasteiger partial charge on any atom is -0.493 e. The van der Waals surface area contributed by atoms with E-state index in [9.17, 15) is 0 Å². The molecule has 4 aromatic rings. The van der Waals surface area contributed by atoms with Crippen LogP contribution in [-0.2, 0) is 25.7 Å². The van der Waals surface area contributed by atoms with Gasteiger partial charge in [0, 0.05) is 30.7 Å². The van der Waals surface area contributed by atoms with Gasteiger partial charge < -0.3 is 33.9 Å². The monoisotopic (exact) mass is 633 g/mol. The van der Waals surface area contributed by atoms with Crippen LogP contribution in [0.15, 0.2) is 60.7 Å². The first-order valence-corrected chi connectivity index (χ1v) is 16.8. The third kappa shape index (κ3) is 5.79. The Hall–Kier alpha value is -4.24. The van der Waals surface area contributed by atoms with E-state index in [-0.39, 0.29) is 12.1 Å². The predicted molar refractivity (Wildman–Crippen MR) is 182 cm³/mol. The number of likely N-dealkylation sites (N-methyl/N-ethyl adjacent to an activating group) is 1. The van der Waals surface area contributed by atoms with E-state index < -0.39 is 0 Å². The van der Waals surface area contributed by atoms with Gasteiger partial charge in [0.25, 0.3) is 0 Å². The van der Waals surface area contributed by atoms with Crippen LogP contribution in [0.5, 0.6) is 46.0 Å². The van der Waals surface area contributed by atoms with E-state index in [2.05, 4.69) is 96.9 Å². The Balaban J connectivity index is 1.24. The Kier molecular flexibility index (Phi) is 7.95. The van der Waals surface area contributed by atoms with Crippen LogP contribution in [0.4, 0.5) is 0 Å². The van der Waals surface area contributed by atoms with E-state index in [1.54, 1.807) is 7.11 Å². The molecule has 0 amide bonds. The normalized spacial score (nSPS) is 19.3. The number of nitrogens with zero attached hydrogens (tertiary/aromatic N) is 2. The zero-order chi connectivity index (χ0) is 32.1. The number of ether oxygens (including phenoxy) is 5. The van der Waals surface area contributed by atoms with E-state index in [4.69, 9.17) is 23.7 Å². The summed E-state index contributed by atoms with van der Waals surface area (Å²) >= 11 is 0. The Morgan fingerprint density at radius 1 is 0.830 bits per heavy atom. The average molecular weight is 634 g/mol. The molecule has 0 aliphatic carbocycles. The van der Waals surface area contributed by atoms with Crippen LogP contribution in [-0.4, -0.2) is 64.3 Å². The molecule has 47 heavy (non-hydrogen) atoms. The fourth-order valence-corrected chi connectivity index (χ4v) is 7.48. The van der Waals surface area contributed by atoms with Crippen molar-refractivity contribution in [3.8, 4) is 46.0 Å². The topological polar surface area (TPSA) is 64.7 Å². The number of rotatable bonds is 6. The standard InChI is InChI=1S/C39H43N3O5/c1-41(2)15-5-17-44-32-11-8-25-19-31-29-23-35-34(21-26(29)13-16-42(31)3)46-38-36(43-4)22-27-12-14-40-30(37(27)39(38)47-35)18-24-6-9-28(10-7-24)45-33(32)20-25/h6-11,20-23,30-31,40H,5,12-19H2,1-4H3. The summed E-state index contributed by atoms with van der Waals surface area (Å²) in [5.41, 5.74) is 7.35. The second-order valence-corrected chi connectivity index (χ2v) is 13.5. The van der Waals surface area contributed by atoms with Gasteiger partial charge in [-0.1, -0.05) is 18.2 Å². The Morgan fingerprint density at radius 2 is 1.64 bits per heavy atom. The highest BCUT2D eigenvalue weighted by molar-refractivity contribution is 5.67. The summed E-state index contributed by atoms with van der Waals surface area (Å²) in [5, 5.41) is 3.77. The highest BCUT2D eigenvalue weighted by Crippen LogP contribution is 2.56. The van der Waals surface area contributed by atoms with Crippen molar-refractivity contribution in [1.29, 1.82) is 0 Å². The molecule has 8 nitrogen and oxygen atoms in total. The summed E-state index contributed by atoms with van der Waals surface area (Å²) in [6, 6.07) is 21.6. The molecule has 1 N–H and O–H groups in total. The number of fused-ring (bicyclic) bond motifs is 2. The number of hydrogen-bond acceptors (Lipinski definition) is 8. The third-order valence-corrected chi connectivity index (χ3v) is 9.97. The van der Waals surface area contributed by atoms with E-state index in [1.807, 2.05) is 0 Å². The molecule has 0 fully saturated rings. The largest absolute Gasteiger partial charge is 0.493 e. The first-order chi connectivity index (χ1) is 22.9. The molecule has 2 atom stereocenters. The average Bonchev–Trinajstić information content (AvgIpc) is 3.07. The fourth-order valence-electron chi connectivity index (χ4n) is 7.48. The summed E-state index contributed by atoms with van der Waals surface area (Å²) in [7, 11) is 8.09. The molecule has 0 radical (unpaired) electrons. The highest BCUT2D eigenvalue weighted by atomic mass is 16.6. The number of benzene rings is 4. The lowest BCUT2D eigenvalue weighted by Gasteiger charge is -2.37. The van der Waals surface area contributed by atoms with Gasteiger partial charge in [0.1, 0.15) is 5.75 Å². The minimum atomic E-state index is 0.0598. The summed E-state index contributed by atoms with van der Waals surface area (Å²) in [5.74, 6) is 5.94. The first kappa shape index (κ1) is 30.1. The van der Waals surface area contributed by atoms with Crippen molar-refractivity contribution in [2.45, 2.75) is 44.2 Å². The Labute approximate surface area is 277 Å². The second-order valence-electron chi connectivity index (χ2n) is 13.5. The third-order valence-electron chi connectivity index (χ3n) is 9.97. The van der Waals surface area contributed by atoms with Crippen molar-refractivity contribution in [3.63, 3.8) is 0 Å². The minimum absolute atomic E-state index is 0.0598. The molecule has 9 rings (SSSR count). The Bertz CT molecular complexity index is 1800. The van der Waals surface area contributed by atoms with Crippen molar-refractivity contribution in [1.82, 2.24) is 15.1 Å². The summed E-state index contributed by atoms with van der Waals surface area (Å²) in [6.07, 6.45) is 4.41. The lowest BCUT2D eigenvalue weighted by atomic mass is 9.87. The molecule has 0 spiro atoms. The van der Waals surface area contributed by atoms with Crippen LogP contribution in [0.1, 0.15) is 51.9 Å². The maximum atomic E-state index is 6.89. The van der Waals surface area contributed by atoms with E-state index in [0.717, 1.165) is 91.8 Å². The lowest BCUT2D eigenvalue weighted by molar-refractivity contribution is 0.227. The SMILES string of the molecule is COc1cc2c3c4c1Oc1cc5c(cc1O4)C(Cc1ccc(OCCCN(C)C)c(c1)Oc1ccc(cc1)CC3NCC2)N(C)CC5. The van der Waals surface area contributed by atoms with E-state index in [1.165, 1.54) is 27.8 Å². The van der Waals surface area contributed by atoms with Gasteiger partial charge in [0.05, 0.1) is 13.7 Å². The number of hydrogen-bond donors (Lipinski definition) is 1. The van der Waals surface area contributed by atoms with Gasteiger partial charge in [-0.15, -0.1) is 0 Å². The van der Waals surface area contributed by atoms with Crippen LogP contribution >= 0.6 is 0 Å². The van der Waals surface area contributed by atoms with E-state index in [0.29, 0.717) is 18.1 Å². The summed E-state index contributed by atoms with van der Waals surface area (Å²) < 4.78 is 32.3. The predicted octanol–water partition coefficient (Wildman–Crippen LogP) is 7.23. The molecule has 0 saturated heterocycles. The molecule has 5 aliphatic heterocycles. The molecule has 5 heterocycles. The maximum Gasteiger partial charge on any atom is 0.212 e. The molecule has 0 aromatic heterocycles. The van der Waals surface area contributed by atoms with Crippen LogP contribution in [0, 0.1) is 0 Å². The van der Waals surface area contributed by atoms with Gasteiger partial charge in [-0.2, -0.15) is 0 Å². The van der Waals surface area contributed by atoms with Crippen LogP contribution in [0.25, 0.3) is 0 Å². The van der Waals surface area contributed by atoms with Crippen LogP contribution in [0.2, 0.25) is 0 Å². The van der Waals surface area contributed by atoms with Gasteiger partial charge >= 0.3 is 0 Å². The van der Waals surface area contributed by atoms with Gasteiger partial charge in [-0.05, 0) is 130 Å². The van der Waals surface area contributed by atoms with Gasteiger partial charge in [-0.3, -0.25) is 4.90 Å². The molecular formula is C39H43N3O5. The number of methoxy groups -OCH3 is 1. The molecule has 4 aromatic carbocycles.